The third-order valence-electron chi connectivity index (χ3n) is 2.71. The summed E-state index contributed by atoms with van der Waals surface area (Å²) in [6.45, 7) is 1.74. The van der Waals surface area contributed by atoms with Crippen molar-refractivity contribution in [2.75, 3.05) is 0 Å². The second kappa shape index (κ2) is 4.96. The van der Waals surface area contributed by atoms with Crippen LogP contribution in [-0.4, -0.2) is 20.6 Å². The highest BCUT2D eigenvalue weighted by molar-refractivity contribution is 5.89. The summed E-state index contributed by atoms with van der Waals surface area (Å²) in [6.07, 6.45) is 1.45. The topological polar surface area (TPSA) is 102 Å². The summed E-state index contributed by atoms with van der Waals surface area (Å²) in [5.74, 6) is -1.30. The number of hydrogen-bond acceptors (Lipinski definition) is 4. The maximum atomic E-state index is 11.8. The number of aromatic nitrogens is 1. The first-order valence-electron chi connectivity index (χ1n) is 5.61. The monoisotopic (exact) mass is 274 g/mol. The van der Waals surface area contributed by atoms with E-state index in [1.807, 2.05) is 0 Å². The van der Waals surface area contributed by atoms with Gasteiger partial charge in [-0.1, -0.05) is 0 Å². The second-order valence-corrected chi connectivity index (χ2v) is 4.21. The van der Waals surface area contributed by atoms with Crippen molar-refractivity contribution in [3.05, 3.63) is 68.1 Å². The average molecular weight is 274 g/mol. The molecule has 0 spiro atoms. The Morgan fingerprint density at radius 2 is 2.00 bits per heavy atom. The van der Waals surface area contributed by atoms with Gasteiger partial charge in [0.2, 0.25) is 0 Å². The van der Waals surface area contributed by atoms with E-state index in [1.54, 1.807) is 13.0 Å². The van der Waals surface area contributed by atoms with Crippen LogP contribution in [0.4, 0.5) is 5.69 Å². The molecule has 0 fully saturated rings. The fourth-order valence-corrected chi connectivity index (χ4v) is 1.75. The lowest BCUT2D eigenvalue weighted by Gasteiger charge is -2.07. The summed E-state index contributed by atoms with van der Waals surface area (Å²) in [7, 11) is 0. The lowest BCUT2D eigenvalue weighted by molar-refractivity contribution is -0.384. The summed E-state index contributed by atoms with van der Waals surface area (Å²) in [6, 6.07) is 6.33. The summed E-state index contributed by atoms with van der Waals surface area (Å²) in [4.78, 5) is 33.0. The molecule has 2 rings (SSSR count). The van der Waals surface area contributed by atoms with Gasteiger partial charge in [-0.05, 0) is 24.6 Å². The van der Waals surface area contributed by atoms with E-state index in [2.05, 4.69) is 0 Å². The molecule has 1 heterocycles. The molecule has 0 bridgehead atoms. The first kappa shape index (κ1) is 13.5. The van der Waals surface area contributed by atoms with E-state index >= 15 is 0 Å². The fourth-order valence-electron chi connectivity index (χ4n) is 1.75. The molecule has 0 unspecified atom stereocenters. The lowest BCUT2D eigenvalue weighted by atomic mass is 10.1. The number of nitro benzene ring substituents is 1. The predicted molar refractivity (Wildman–Crippen MR) is 70.4 cm³/mol. The van der Waals surface area contributed by atoms with Gasteiger partial charge in [-0.3, -0.25) is 19.5 Å². The Balaban J connectivity index is 2.70. The van der Waals surface area contributed by atoms with Gasteiger partial charge in [0, 0.05) is 24.4 Å². The molecular formula is C13H10N2O5. The quantitative estimate of drug-likeness (QED) is 0.678. The summed E-state index contributed by atoms with van der Waals surface area (Å²) >= 11 is 0. The smallest absolute Gasteiger partial charge is 0.336 e. The van der Waals surface area contributed by atoms with Crippen molar-refractivity contribution < 1.29 is 14.8 Å². The van der Waals surface area contributed by atoms with E-state index in [1.165, 1.54) is 18.3 Å². The van der Waals surface area contributed by atoms with Crippen LogP contribution >= 0.6 is 0 Å². The predicted octanol–water partition coefficient (Wildman–Crippen LogP) is 1.75. The number of pyridine rings is 1. The number of carbonyl (C=O) groups is 1. The van der Waals surface area contributed by atoms with Crippen LogP contribution in [0.25, 0.3) is 5.69 Å². The Kier molecular flexibility index (Phi) is 3.34. The molecule has 0 saturated heterocycles. The second-order valence-electron chi connectivity index (χ2n) is 4.21. The molecular weight excluding hydrogens is 264 g/mol. The first-order chi connectivity index (χ1) is 9.38. The van der Waals surface area contributed by atoms with Crippen LogP contribution < -0.4 is 5.56 Å². The number of benzene rings is 1. The third-order valence-corrected chi connectivity index (χ3v) is 2.71. The normalized spacial score (nSPS) is 10.2. The van der Waals surface area contributed by atoms with Crippen LogP contribution in [0, 0.1) is 17.0 Å². The van der Waals surface area contributed by atoms with Crippen LogP contribution in [0.3, 0.4) is 0 Å². The van der Waals surface area contributed by atoms with Gasteiger partial charge in [-0.2, -0.15) is 0 Å². The minimum Gasteiger partial charge on any atom is -0.478 e. The molecule has 0 aliphatic heterocycles. The third kappa shape index (κ3) is 2.56. The summed E-state index contributed by atoms with van der Waals surface area (Å²) < 4.78 is 1.16. The SMILES string of the molecule is Cc1ccn(-c2cc(C(=O)O)cc([N+](=O)[O-])c2)c(=O)c1. The number of nitrogens with zero attached hydrogens (tertiary/aromatic N) is 2. The largest absolute Gasteiger partial charge is 0.478 e. The molecule has 1 aromatic heterocycles. The molecule has 2 aromatic rings. The van der Waals surface area contributed by atoms with Crippen LogP contribution in [0.1, 0.15) is 15.9 Å². The maximum Gasteiger partial charge on any atom is 0.336 e. The van der Waals surface area contributed by atoms with Crippen molar-refractivity contribution in [1.82, 2.24) is 4.57 Å². The molecule has 0 radical (unpaired) electrons. The average Bonchev–Trinajstić information content (AvgIpc) is 2.38. The number of hydrogen-bond donors (Lipinski definition) is 1. The lowest BCUT2D eigenvalue weighted by Crippen LogP contribution is -2.17. The molecule has 7 nitrogen and oxygen atoms in total. The number of aryl methyl sites for hydroxylation is 1. The van der Waals surface area contributed by atoms with Gasteiger partial charge in [-0.25, -0.2) is 4.79 Å². The summed E-state index contributed by atoms with van der Waals surface area (Å²) in [5, 5.41) is 19.8. The van der Waals surface area contributed by atoms with E-state index in [4.69, 9.17) is 5.11 Å². The number of rotatable bonds is 3. The Morgan fingerprint density at radius 1 is 1.30 bits per heavy atom. The zero-order chi connectivity index (χ0) is 14.9. The van der Waals surface area contributed by atoms with E-state index < -0.39 is 10.9 Å². The molecule has 102 valence electrons. The number of aromatic carboxylic acids is 1. The highest BCUT2D eigenvalue weighted by atomic mass is 16.6. The van der Waals surface area contributed by atoms with Crippen molar-refractivity contribution in [2.45, 2.75) is 6.92 Å². The van der Waals surface area contributed by atoms with Gasteiger partial charge in [-0.15, -0.1) is 0 Å². The molecule has 0 atom stereocenters. The van der Waals surface area contributed by atoms with Gasteiger partial charge in [0.05, 0.1) is 16.2 Å². The van der Waals surface area contributed by atoms with Crippen molar-refractivity contribution in [2.24, 2.45) is 0 Å². The van der Waals surface area contributed by atoms with Crippen LogP contribution in [-0.2, 0) is 0 Å². The van der Waals surface area contributed by atoms with Gasteiger partial charge >= 0.3 is 5.97 Å². The zero-order valence-corrected chi connectivity index (χ0v) is 10.4. The molecule has 1 aromatic carbocycles. The zero-order valence-electron chi connectivity index (χ0n) is 10.4. The van der Waals surface area contributed by atoms with Gasteiger partial charge in [0.25, 0.3) is 11.2 Å². The standard InChI is InChI=1S/C13H10N2O5/c1-8-2-3-14(12(16)4-8)10-5-9(13(17)18)6-11(7-10)15(19)20/h2-7H,1H3,(H,17,18). The first-order valence-corrected chi connectivity index (χ1v) is 5.61. The van der Waals surface area contributed by atoms with E-state index in [0.29, 0.717) is 0 Å². The minimum atomic E-state index is -1.30. The number of carboxylic acid groups (broad SMARTS) is 1. The molecule has 0 aliphatic carbocycles. The number of carboxylic acids is 1. The molecule has 0 amide bonds. The van der Waals surface area contributed by atoms with Crippen molar-refractivity contribution in [3.63, 3.8) is 0 Å². The fraction of sp³-hybridized carbons (Fsp3) is 0.0769. The Hall–Kier alpha value is -2.96. The minimum absolute atomic E-state index is 0.140. The van der Waals surface area contributed by atoms with Crippen LogP contribution in [0.2, 0.25) is 0 Å². The Bertz CT molecular complexity index is 731. The highest BCUT2D eigenvalue weighted by Crippen LogP contribution is 2.19. The molecule has 20 heavy (non-hydrogen) atoms. The Morgan fingerprint density at radius 3 is 2.55 bits per heavy atom. The van der Waals surface area contributed by atoms with E-state index in [9.17, 15) is 19.7 Å². The van der Waals surface area contributed by atoms with E-state index in [0.717, 1.165) is 22.3 Å². The molecule has 0 aliphatic rings. The van der Waals surface area contributed by atoms with Crippen LogP contribution in [0.5, 0.6) is 0 Å². The van der Waals surface area contributed by atoms with Gasteiger partial charge in [0.15, 0.2) is 0 Å². The molecule has 1 N–H and O–H groups in total. The summed E-state index contributed by atoms with van der Waals surface area (Å²) in [5.41, 5.74) is -0.132. The van der Waals surface area contributed by atoms with E-state index in [-0.39, 0.29) is 22.5 Å². The Labute approximate surface area is 112 Å². The number of nitro groups is 1. The van der Waals surface area contributed by atoms with Crippen molar-refractivity contribution >= 4 is 11.7 Å². The van der Waals surface area contributed by atoms with Gasteiger partial charge in [0.1, 0.15) is 0 Å². The number of non-ortho nitro benzene ring substituents is 1. The molecule has 7 heteroatoms. The van der Waals surface area contributed by atoms with Crippen LogP contribution in [0.15, 0.2) is 41.3 Å². The van der Waals surface area contributed by atoms with Crippen molar-refractivity contribution in [1.29, 1.82) is 0 Å². The molecule has 0 saturated carbocycles. The van der Waals surface area contributed by atoms with Gasteiger partial charge < -0.3 is 5.11 Å². The van der Waals surface area contributed by atoms with Crippen molar-refractivity contribution in [3.8, 4) is 5.69 Å². The highest BCUT2D eigenvalue weighted by Gasteiger charge is 2.15. The maximum absolute atomic E-state index is 11.8.